The molecule has 3 nitrogen and oxygen atoms in total. The summed E-state index contributed by atoms with van der Waals surface area (Å²) >= 11 is 3.00. The summed E-state index contributed by atoms with van der Waals surface area (Å²) in [5.74, 6) is -2.58. The number of unbranched alkanes of at least 4 members (excludes halogenated alkanes) is 3. The number of hydrogen-bond donors (Lipinski definition) is 3. The van der Waals surface area contributed by atoms with E-state index in [4.69, 9.17) is 15.3 Å². The monoisotopic (exact) mass is 240 g/mol. The molecule has 0 aliphatic rings. The first-order valence-corrected chi connectivity index (χ1v) is 5.21. The summed E-state index contributed by atoms with van der Waals surface area (Å²) in [6.07, 6.45) is 4.83. The zero-order chi connectivity index (χ0) is 9.61. The maximum atomic E-state index is 8.71. The highest BCUT2D eigenvalue weighted by Gasteiger charge is 2.28. The molecule has 0 aliphatic heterocycles. The lowest BCUT2D eigenvalue weighted by Crippen LogP contribution is -2.37. The van der Waals surface area contributed by atoms with Crippen molar-refractivity contribution in [3.63, 3.8) is 0 Å². The van der Waals surface area contributed by atoms with E-state index < -0.39 is 10.8 Å². The van der Waals surface area contributed by atoms with Gasteiger partial charge in [0.15, 0.2) is 0 Å². The predicted octanol–water partition coefficient (Wildman–Crippen LogP) is 1.35. The molecule has 0 amide bonds. The van der Waals surface area contributed by atoms with Gasteiger partial charge in [0.2, 0.25) is 0 Å². The number of hydrogen-bond acceptors (Lipinski definition) is 3. The van der Waals surface area contributed by atoms with Crippen LogP contribution in [0.15, 0.2) is 0 Å². The van der Waals surface area contributed by atoms with Crippen molar-refractivity contribution in [2.45, 2.75) is 49.8 Å². The van der Waals surface area contributed by atoms with Gasteiger partial charge in [0.1, 0.15) is 0 Å². The third kappa shape index (κ3) is 5.94. The number of aliphatic hydroxyl groups is 3. The van der Waals surface area contributed by atoms with Gasteiger partial charge in [-0.05, 0) is 6.42 Å². The molecule has 12 heavy (non-hydrogen) atoms. The van der Waals surface area contributed by atoms with Crippen molar-refractivity contribution >= 4 is 15.9 Å². The van der Waals surface area contributed by atoms with Gasteiger partial charge >= 0.3 is 0 Å². The molecule has 74 valence electrons. The maximum absolute atomic E-state index is 8.71. The van der Waals surface area contributed by atoms with Gasteiger partial charge in [-0.1, -0.05) is 48.5 Å². The Hall–Kier alpha value is 0.360. The Bertz CT molecular complexity index is 111. The lowest BCUT2D eigenvalue weighted by Gasteiger charge is -2.20. The standard InChI is InChI=1S/C8H17BrO3/c1-2-3-4-5-6-7(9)8(10,11)12/h7,10-12H,2-6H2,1H3. The topological polar surface area (TPSA) is 60.7 Å². The van der Waals surface area contributed by atoms with Gasteiger partial charge in [-0.2, -0.15) is 0 Å². The molecule has 1 unspecified atom stereocenters. The van der Waals surface area contributed by atoms with Crippen LogP contribution in [0.25, 0.3) is 0 Å². The lowest BCUT2D eigenvalue weighted by molar-refractivity contribution is -0.309. The van der Waals surface area contributed by atoms with Gasteiger partial charge in [-0.3, -0.25) is 0 Å². The highest BCUT2D eigenvalue weighted by atomic mass is 79.9. The van der Waals surface area contributed by atoms with Crippen LogP contribution in [0, 0.1) is 0 Å². The molecule has 0 aromatic rings. The molecule has 4 heteroatoms. The van der Waals surface area contributed by atoms with Crippen molar-refractivity contribution < 1.29 is 15.3 Å². The number of alkyl halides is 1. The van der Waals surface area contributed by atoms with Crippen molar-refractivity contribution in [3.8, 4) is 0 Å². The SMILES string of the molecule is CCCCCCC(Br)C(O)(O)O. The van der Waals surface area contributed by atoms with Gasteiger partial charge < -0.3 is 15.3 Å². The van der Waals surface area contributed by atoms with Crippen LogP contribution in [-0.2, 0) is 0 Å². The number of halogens is 1. The molecule has 0 bridgehead atoms. The van der Waals surface area contributed by atoms with E-state index in [2.05, 4.69) is 22.9 Å². The molecular formula is C8H17BrO3. The van der Waals surface area contributed by atoms with Crippen molar-refractivity contribution in [1.29, 1.82) is 0 Å². The molecule has 3 N–H and O–H groups in total. The summed E-state index contributed by atoms with van der Waals surface area (Å²) < 4.78 is 0. The first kappa shape index (κ1) is 12.4. The Balaban J connectivity index is 3.38. The van der Waals surface area contributed by atoms with Gasteiger partial charge in [0, 0.05) is 0 Å². The number of rotatable bonds is 6. The van der Waals surface area contributed by atoms with Gasteiger partial charge in [-0.25, -0.2) is 0 Å². The summed E-state index contributed by atoms with van der Waals surface area (Å²) in [4.78, 5) is -0.651. The largest absolute Gasteiger partial charge is 0.343 e. The van der Waals surface area contributed by atoms with Crippen LogP contribution in [0.3, 0.4) is 0 Å². The third-order valence-electron chi connectivity index (χ3n) is 1.73. The maximum Gasteiger partial charge on any atom is 0.288 e. The van der Waals surface area contributed by atoms with E-state index in [0.29, 0.717) is 6.42 Å². The van der Waals surface area contributed by atoms with Gasteiger partial charge in [0.25, 0.3) is 5.97 Å². The first-order valence-electron chi connectivity index (χ1n) is 4.29. The highest BCUT2D eigenvalue weighted by molar-refractivity contribution is 9.09. The van der Waals surface area contributed by atoms with Crippen molar-refractivity contribution in [1.82, 2.24) is 0 Å². The predicted molar refractivity (Wildman–Crippen MR) is 50.9 cm³/mol. The molecular weight excluding hydrogens is 224 g/mol. The molecule has 0 radical (unpaired) electrons. The van der Waals surface area contributed by atoms with Crippen LogP contribution in [0.5, 0.6) is 0 Å². The van der Waals surface area contributed by atoms with Gasteiger partial charge in [-0.15, -0.1) is 0 Å². The summed E-state index contributed by atoms with van der Waals surface area (Å²) in [6.45, 7) is 2.11. The average molecular weight is 241 g/mol. The fraction of sp³-hybridized carbons (Fsp3) is 1.00. The average Bonchev–Trinajstić information content (AvgIpc) is 1.96. The zero-order valence-electron chi connectivity index (χ0n) is 7.33. The minimum Gasteiger partial charge on any atom is -0.343 e. The Morgan fingerprint density at radius 2 is 1.75 bits per heavy atom. The summed E-state index contributed by atoms with van der Waals surface area (Å²) in [7, 11) is 0. The van der Waals surface area contributed by atoms with E-state index in [9.17, 15) is 0 Å². The van der Waals surface area contributed by atoms with Crippen LogP contribution < -0.4 is 0 Å². The summed E-state index contributed by atoms with van der Waals surface area (Å²) in [6, 6.07) is 0. The minimum atomic E-state index is -2.58. The Kier molecular flexibility index (Phi) is 6.09. The Labute approximate surface area is 81.5 Å². The molecule has 1 atom stereocenters. The molecule has 0 heterocycles. The molecule has 0 aromatic carbocycles. The Morgan fingerprint density at radius 1 is 1.17 bits per heavy atom. The van der Waals surface area contributed by atoms with E-state index in [-0.39, 0.29) is 0 Å². The first-order chi connectivity index (χ1) is 5.48. The smallest absolute Gasteiger partial charge is 0.288 e. The van der Waals surface area contributed by atoms with E-state index in [0.717, 1.165) is 25.7 Å². The molecule has 0 rings (SSSR count). The van der Waals surface area contributed by atoms with E-state index in [1.54, 1.807) is 0 Å². The molecule has 0 spiro atoms. The van der Waals surface area contributed by atoms with Crippen molar-refractivity contribution in [3.05, 3.63) is 0 Å². The lowest BCUT2D eigenvalue weighted by atomic mass is 10.1. The van der Waals surface area contributed by atoms with E-state index in [1.165, 1.54) is 0 Å². The van der Waals surface area contributed by atoms with E-state index in [1.807, 2.05) is 0 Å². The second-order valence-electron chi connectivity index (χ2n) is 3.00. The normalized spacial score (nSPS) is 14.8. The Morgan fingerprint density at radius 3 is 2.17 bits per heavy atom. The molecule has 0 aromatic heterocycles. The van der Waals surface area contributed by atoms with Crippen LogP contribution in [0.4, 0.5) is 0 Å². The van der Waals surface area contributed by atoms with Crippen molar-refractivity contribution in [2.24, 2.45) is 0 Å². The minimum absolute atomic E-state index is 0.573. The van der Waals surface area contributed by atoms with Crippen LogP contribution >= 0.6 is 15.9 Å². The fourth-order valence-electron chi connectivity index (χ4n) is 0.944. The third-order valence-corrected chi connectivity index (χ3v) is 2.80. The molecule has 0 saturated heterocycles. The summed E-state index contributed by atoms with van der Waals surface area (Å²) in [5, 5.41) is 26.1. The van der Waals surface area contributed by atoms with Gasteiger partial charge in [0.05, 0.1) is 4.83 Å². The second kappa shape index (κ2) is 5.91. The molecule has 0 fully saturated rings. The van der Waals surface area contributed by atoms with Crippen LogP contribution in [0.2, 0.25) is 0 Å². The van der Waals surface area contributed by atoms with Crippen molar-refractivity contribution in [2.75, 3.05) is 0 Å². The summed E-state index contributed by atoms with van der Waals surface area (Å²) in [5.41, 5.74) is 0. The quantitative estimate of drug-likeness (QED) is 0.373. The highest BCUT2D eigenvalue weighted by Crippen LogP contribution is 2.19. The molecule has 0 aliphatic carbocycles. The zero-order valence-corrected chi connectivity index (χ0v) is 8.92. The van der Waals surface area contributed by atoms with Crippen LogP contribution in [-0.4, -0.2) is 26.1 Å². The second-order valence-corrected chi connectivity index (χ2v) is 4.11. The van der Waals surface area contributed by atoms with Crippen LogP contribution in [0.1, 0.15) is 39.0 Å². The molecule has 0 saturated carbocycles. The van der Waals surface area contributed by atoms with E-state index >= 15 is 0 Å². The fourth-order valence-corrected chi connectivity index (χ4v) is 1.27.